The number of nitrogens with zero attached hydrogens (tertiary/aromatic N) is 3. The number of hydrogen-bond donors (Lipinski definition) is 1. The van der Waals surface area contributed by atoms with Gasteiger partial charge in [-0.25, -0.2) is 17.9 Å². The lowest BCUT2D eigenvalue weighted by molar-refractivity contribution is -0.130. The summed E-state index contributed by atoms with van der Waals surface area (Å²) in [6.07, 6.45) is 3.38. The van der Waals surface area contributed by atoms with E-state index in [4.69, 9.17) is 4.42 Å². The monoisotopic (exact) mass is 460 g/mol. The predicted octanol–water partition coefficient (Wildman–Crippen LogP) is 0.784. The summed E-state index contributed by atoms with van der Waals surface area (Å²) in [6.45, 7) is 1.28. The molecule has 0 unspecified atom stereocenters. The molecule has 0 bridgehead atoms. The summed E-state index contributed by atoms with van der Waals surface area (Å²) < 4.78 is 35.2. The van der Waals surface area contributed by atoms with Crippen molar-refractivity contribution in [3.8, 4) is 0 Å². The molecule has 32 heavy (non-hydrogen) atoms. The van der Waals surface area contributed by atoms with E-state index in [1.807, 2.05) is 0 Å². The topological polar surface area (TPSA) is 124 Å². The Bertz CT molecular complexity index is 1370. The highest BCUT2D eigenvalue weighted by molar-refractivity contribution is 7.89. The van der Waals surface area contributed by atoms with Gasteiger partial charge in [-0.15, -0.1) is 0 Å². The largest absolute Gasteiger partial charge is 0.468 e. The Labute approximate surface area is 184 Å². The molecule has 3 aromatic rings. The summed E-state index contributed by atoms with van der Waals surface area (Å²) in [7, 11) is -2.42. The minimum Gasteiger partial charge on any atom is -0.468 e. The highest BCUT2D eigenvalue weighted by Crippen LogP contribution is 2.16. The summed E-state index contributed by atoms with van der Waals surface area (Å²) >= 11 is 0. The fraction of sp³-hybridized carbons (Fsp3) is 0.381. The number of sulfonamides is 1. The van der Waals surface area contributed by atoms with E-state index in [9.17, 15) is 22.8 Å². The van der Waals surface area contributed by atoms with Crippen molar-refractivity contribution in [2.45, 2.75) is 37.2 Å². The van der Waals surface area contributed by atoms with Gasteiger partial charge in [0, 0.05) is 33.1 Å². The average molecular weight is 461 g/mol. The smallest absolute Gasteiger partial charge is 0.331 e. The minimum atomic E-state index is -3.92. The molecule has 1 aliphatic heterocycles. The molecule has 0 aliphatic carbocycles. The SMILES string of the molecule is Cn1c(=O)n(CCC(=O)N2CCCC2)c(=O)c2cc(S(=O)(=O)NCc3ccco3)ccc21. The molecule has 2 aromatic heterocycles. The van der Waals surface area contributed by atoms with Crippen LogP contribution in [0.1, 0.15) is 25.0 Å². The Balaban J connectivity index is 1.65. The first kappa shape index (κ1) is 22.0. The molecule has 0 atom stereocenters. The zero-order chi connectivity index (χ0) is 22.9. The summed E-state index contributed by atoms with van der Waals surface area (Å²) in [5.74, 6) is 0.344. The zero-order valence-corrected chi connectivity index (χ0v) is 18.4. The van der Waals surface area contributed by atoms with Gasteiger partial charge in [0.15, 0.2) is 0 Å². The Morgan fingerprint density at radius 3 is 2.59 bits per heavy atom. The molecule has 10 nitrogen and oxygen atoms in total. The van der Waals surface area contributed by atoms with Crippen LogP contribution in [0.2, 0.25) is 0 Å². The molecule has 1 saturated heterocycles. The number of aryl methyl sites for hydroxylation is 1. The lowest BCUT2D eigenvalue weighted by Gasteiger charge is -2.16. The number of aromatic nitrogens is 2. The minimum absolute atomic E-state index is 0.0311. The number of fused-ring (bicyclic) bond motifs is 1. The predicted molar refractivity (Wildman–Crippen MR) is 117 cm³/mol. The molecule has 0 radical (unpaired) electrons. The fourth-order valence-electron chi connectivity index (χ4n) is 3.85. The summed E-state index contributed by atoms with van der Waals surface area (Å²) in [5.41, 5.74) is -0.865. The van der Waals surface area contributed by atoms with Gasteiger partial charge in [-0.3, -0.25) is 18.7 Å². The normalized spacial score (nSPS) is 14.3. The maximum atomic E-state index is 13.1. The number of furan rings is 1. The number of carbonyl (C=O) groups excluding carboxylic acids is 1. The zero-order valence-electron chi connectivity index (χ0n) is 17.6. The molecule has 0 saturated carbocycles. The lowest BCUT2D eigenvalue weighted by Crippen LogP contribution is -2.40. The molecule has 4 rings (SSSR count). The van der Waals surface area contributed by atoms with Crippen molar-refractivity contribution in [3.05, 3.63) is 63.2 Å². The van der Waals surface area contributed by atoms with Crippen molar-refractivity contribution in [1.29, 1.82) is 0 Å². The third kappa shape index (κ3) is 4.26. The van der Waals surface area contributed by atoms with Gasteiger partial charge >= 0.3 is 5.69 Å². The van der Waals surface area contributed by atoms with Crippen molar-refractivity contribution in [3.63, 3.8) is 0 Å². The first-order valence-corrected chi connectivity index (χ1v) is 11.8. The molecule has 11 heteroatoms. The Morgan fingerprint density at radius 1 is 1.16 bits per heavy atom. The third-order valence-corrected chi connectivity index (χ3v) is 7.06. The number of carbonyl (C=O) groups is 1. The first-order chi connectivity index (χ1) is 15.3. The first-order valence-electron chi connectivity index (χ1n) is 10.3. The lowest BCUT2D eigenvalue weighted by atomic mass is 10.2. The van der Waals surface area contributed by atoms with Gasteiger partial charge in [-0.05, 0) is 43.2 Å². The standard InChI is InChI=1S/C21H24N4O6S/c1-23-18-7-6-16(32(29,30)22-14-15-5-4-12-31-15)13-17(18)20(27)25(21(23)28)11-8-19(26)24-9-2-3-10-24/h4-7,12-13,22H,2-3,8-11,14H2,1H3. The van der Waals surface area contributed by atoms with Crippen LogP contribution < -0.4 is 16.0 Å². The summed E-state index contributed by atoms with van der Waals surface area (Å²) in [5, 5.41) is 0.0848. The van der Waals surface area contributed by atoms with Gasteiger partial charge in [0.2, 0.25) is 15.9 Å². The fourth-order valence-corrected chi connectivity index (χ4v) is 4.87. The number of rotatable bonds is 7. The van der Waals surface area contributed by atoms with Gasteiger partial charge in [0.25, 0.3) is 5.56 Å². The third-order valence-electron chi connectivity index (χ3n) is 5.66. The molecular formula is C21H24N4O6S. The van der Waals surface area contributed by atoms with Crippen LogP contribution in [0.3, 0.4) is 0 Å². The molecular weight excluding hydrogens is 436 g/mol. The highest BCUT2D eigenvalue weighted by Gasteiger charge is 2.21. The van der Waals surface area contributed by atoms with Crippen LogP contribution in [0.4, 0.5) is 0 Å². The van der Waals surface area contributed by atoms with E-state index < -0.39 is 21.3 Å². The quantitative estimate of drug-likeness (QED) is 0.556. The van der Waals surface area contributed by atoms with E-state index in [-0.39, 0.29) is 35.7 Å². The van der Waals surface area contributed by atoms with Gasteiger partial charge in [0.05, 0.1) is 28.6 Å². The van der Waals surface area contributed by atoms with Crippen LogP contribution in [0, 0.1) is 0 Å². The van der Waals surface area contributed by atoms with Crippen LogP contribution in [-0.2, 0) is 35.0 Å². The Kier molecular flexibility index (Phi) is 6.02. The molecule has 170 valence electrons. The van der Waals surface area contributed by atoms with Crippen LogP contribution in [0.5, 0.6) is 0 Å². The number of likely N-dealkylation sites (tertiary alicyclic amines) is 1. The molecule has 1 aliphatic rings. The van der Waals surface area contributed by atoms with Crippen molar-refractivity contribution in [2.24, 2.45) is 7.05 Å². The van der Waals surface area contributed by atoms with Gasteiger partial charge in [-0.2, -0.15) is 0 Å². The molecule has 1 aromatic carbocycles. The van der Waals surface area contributed by atoms with Crippen LogP contribution in [0.25, 0.3) is 10.9 Å². The molecule has 0 spiro atoms. The second-order valence-electron chi connectivity index (χ2n) is 7.72. The van der Waals surface area contributed by atoms with E-state index in [0.29, 0.717) is 24.4 Å². The Hall–Kier alpha value is -3.18. The van der Waals surface area contributed by atoms with Crippen molar-refractivity contribution >= 4 is 26.8 Å². The van der Waals surface area contributed by atoms with Crippen LogP contribution >= 0.6 is 0 Å². The average Bonchev–Trinajstić information content (AvgIpc) is 3.50. The number of amides is 1. The second kappa shape index (κ2) is 8.75. The second-order valence-corrected chi connectivity index (χ2v) is 9.49. The number of nitrogens with one attached hydrogen (secondary N) is 1. The van der Waals surface area contributed by atoms with Crippen LogP contribution in [-0.4, -0.2) is 41.4 Å². The maximum absolute atomic E-state index is 13.1. The van der Waals surface area contributed by atoms with Crippen molar-refractivity contribution < 1.29 is 17.6 Å². The maximum Gasteiger partial charge on any atom is 0.331 e. The van der Waals surface area contributed by atoms with E-state index in [2.05, 4.69) is 4.72 Å². The van der Waals surface area contributed by atoms with Crippen LogP contribution in [0.15, 0.2) is 55.5 Å². The van der Waals surface area contributed by atoms with Crippen molar-refractivity contribution in [2.75, 3.05) is 13.1 Å². The molecule has 1 amide bonds. The molecule has 1 fully saturated rings. The van der Waals surface area contributed by atoms with Gasteiger partial charge in [-0.1, -0.05) is 0 Å². The highest BCUT2D eigenvalue weighted by atomic mass is 32.2. The Morgan fingerprint density at radius 2 is 1.91 bits per heavy atom. The van der Waals surface area contributed by atoms with E-state index >= 15 is 0 Å². The number of hydrogen-bond acceptors (Lipinski definition) is 6. The van der Waals surface area contributed by atoms with Gasteiger partial charge < -0.3 is 9.32 Å². The molecule has 1 N–H and O–H groups in total. The van der Waals surface area contributed by atoms with E-state index in [1.165, 1.54) is 36.1 Å². The molecule has 3 heterocycles. The summed E-state index contributed by atoms with van der Waals surface area (Å²) in [4.78, 5) is 39.7. The van der Waals surface area contributed by atoms with Gasteiger partial charge in [0.1, 0.15) is 5.76 Å². The van der Waals surface area contributed by atoms with E-state index in [0.717, 1.165) is 17.4 Å². The van der Waals surface area contributed by atoms with Crippen molar-refractivity contribution in [1.82, 2.24) is 18.8 Å². The number of benzene rings is 1. The summed E-state index contributed by atoms with van der Waals surface area (Å²) in [6, 6.07) is 7.31. The van der Waals surface area contributed by atoms with E-state index in [1.54, 1.807) is 17.0 Å².